The Morgan fingerprint density at radius 2 is 1.91 bits per heavy atom. The summed E-state index contributed by atoms with van der Waals surface area (Å²) in [6.45, 7) is 7.45. The molecule has 0 aliphatic heterocycles. The summed E-state index contributed by atoms with van der Waals surface area (Å²) in [6.07, 6.45) is 0.0994. The van der Waals surface area contributed by atoms with Gasteiger partial charge in [0.15, 0.2) is 0 Å². The number of nitrogens with one attached hydrogen (secondary N) is 1. The van der Waals surface area contributed by atoms with Crippen LogP contribution in [0.1, 0.15) is 27.7 Å². The molecule has 0 aliphatic rings. The maximum atomic E-state index is 10.4. The van der Waals surface area contributed by atoms with Gasteiger partial charge < -0.3 is 15.2 Å². The molecule has 0 aromatic heterocycles. The van der Waals surface area contributed by atoms with Gasteiger partial charge in [-0.15, -0.1) is 0 Å². The molecule has 0 saturated carbocycles. The van der Waals surface area contributed by atoms with E-state index in [1.54, 1.807) is 6.92 Å². The molecule has 0 heterocycles. The average Bonchev–Trinajstić information content (AvgIpc) is 1.80. The van der Waals surface area contributed by atoms with Gasteiger partial charge in [0, 0.05) is 5.54 Å². The molecule has 11 heavy (non-hydrogen) atoms. The number of carbonyl (C=O) groups is 1. The Labute approximate surface area is 67.8 Å². The second kappa shape index (κ2) is 3.83. The quantitative estimate of drug-likeness (QED) is 0.583. The maximum Gasteiger partial charge on any atom is 0.139 e. The van der Waals surface area contributed by atoms with E-state index in [0.29, 0.717) is 0 Å². The van der Waals surface area contributed by atoms with Crippen LogP contribution < -0.4 is 5.32 Å². The molecular formula is C8H17NO2. The van der Waals surface area contributed by atoms with Gasteiger partial charge in [0.25, 0.3) is 0 Å². The summed E-state index contributed by atoms with van der Waals surface area (Å²) in [5, 5.41) is 12.1. The summed E-state index contributed by atoms with van der Waals surface area (Å²) in [5.74, 6) is 0. The molecule has 0 fully saturated rings. The van der Waals surface area contributed by atoms with Crippen molar-refractivity contribution >= 4 is 6.29 Å². The third kappa shape index (κ3) is 4.93. The second-order valence-corrected chi connectivity index (χ2v) is 3.80. The zero-order valence-corrected chi connectivity index (χ0v) is 7.59. The number of hydrogen-bond acceptors (Lipinski definition) is 3. The molecule has 0 aromatic carbocycles. The van der Waals surface area contributed by atoms with E-state index < -0.39 is 12.1 Å². The highest BCUT2D eigenvalue weighted by atomic mass is 16.3. The largest absolute Gasteiger partial charge is 0.391 e. The first kappa shape index (κ1) is 10.6. The van der Waals surface area contributed by atoms with E-state index in [9.17, 15) is 4.79 Å². The number of hydrogen-bond donors (Lipinski definition) is 2. The van der Waals surface area contributed by atoms with Gasteiger partial charge in [0.2, 0.25) is 0 Å². The Hall–Kier alpha value is -0.410. The van der Waals surface area contributed by atoms with Gasteiger partial charge >= 0.3 is 0 Å². The molecule has 0 unspecified atom stereocenters. The van der Waals surface area contributed by atoms with E-state index in [4.69, 9.17) is 5.11 Å². The third-order valence-corrected chi connectivity index (χ3v) is 1.27. The predicted octanol–water partition coefficient (Wildman–Crippen LogP) is 0.323. The van der Waals surface area contributed by atoms with Crippen molar-refractivity contribution in [3.8, 4) is 0 Å². The summed E-state index contributed by atoms with van der Waals surface area (Å²) in [4.78, 5) is 10.4. The number of rotatable bonds is 3. The van der Waals surface area contributed by atoms with E-state index in [1.807, 2.05) is 20.8 Å². The summed E-state index contributed by atoms with van der Waals surface area (Å²) >= 11 is 0. The highest BCUT2D eigenvalue weighted by Gasteiger charge is 2.19. The minimum Gasteiger partial charge on any atom is -0.391 e. The van der Waals surface area contributed by atoms with Crippen LogP contribution in [0, 0.1) is 0 Å². The fourth-order valence-corrected chi connectivity index (χ4v) is 0.768. The van der Waals surface area contributed by atoms with Crippen LogP contribution in [0.15, 0.2) is 0 Å². The van der Waals surface area contributed by atoms with Crippen LogP contribution in [0.5, 0.6) is 0 Å². The Morgan fingerprint density at radius 3 is 2.00 bits per heavy atom. The van der Waals surface area contributed by atoms with Crippen molar-refractivity contribution in [1.29, 1.82) is 0 Å². The summed E-state index contributed by atoms with van der Waals surface area (Å²) in [6, 6.07) is -0.463. The monoisotopic (exact) mass is 159 g/mol. The molecule has 3 heteroatoms. The van der Waals surface area contributed by atoms with E-state index in [2.05, 4.69) is 5.32 Å². The van der Waals surface area contributed by atoms with Crippen molar-refractivity contribution in [2.24, 2.45) is 0 Å². The Bertz CT molecular complexity index is 127. The minimum absolute atomic E-state index is 0.136. The number of carbonyl (C=O) groups excluding carboxylic acids is 1. The van der Waals surface area contributed by atoms with Gasteiger partial charge in [-0.05, 0) is 27.7 Å². The lowest BCUT2D eigenvalue weighted by Crippen LogP contribution is -2.49. The van der Waals surface area contributed by atoms with Gasteiger partial charge in [-0.2, -0.15) is 0 Å². The second-order valence-electron chi connectivity index (χ2n) is 3.80. The maximum absolute atomic E-state index is 10.4. The minimum atomic E-state index is -0.633. The molecule has 66 valence electrons. The molecule has 2 N–H and O–H groups in total. The molecule has 2 atom stereocenters. The molecule has 0 radical (unpaired) electrons. The molecule has 0 aliphatic carbocycles. The lowest BCUT2D eigenvalue weighted by atomic mass is 10.1. The third-order valence-electron chi connectivity index (χ3n) is 1.27. The first-order valence-corrected chi connectivity index (χ1v) is 3.78. The molecule has 0 spiro atoms. The zero-order chi connectivity index (χ0) is 9.07. The fraction of sp³-hybridized carbons (Fsp3) is 0.875. The number of aliphatic hydroxyl groups is 1. The lowest BCUT2D eigenvalue weighted by Gasteiger charge is -2.26. The van der Waals surface area contributed by atoms with Crippen LogP contribution in [0.4, 0.5) is 0 Å². The molecule has 0 rings (SSSR count). The van der Waals surface area contributed by atoms with E-state index >= 15 is 0 Å². The Morgan fingerprint density at radius 1 is 1.45 bits per heavy atom. The lowest BCUT2D eigenvalue weighted by molar-refractivity contribution is -0.112. The average molecular weight is 159 g/mol. The van der Waals surface area contributed by atoms with Crippen molar-refractivity contribution in [2.45, 2.75) is 45.4 Å². The summed E-state index contributed by atoms with van der Waals surface area (Å²) in [5.41, 5.74) is -0.136. The topological polar surface area (TPSA) is 49.3 Å². The van der Waals surface area contributed by atoms with Gasteiger partial charge in [-0.1, -0.05) is 0 Å². The Balaban J connectivity index is 3.99. The van der Waals surface area contributed by atoms with Crippen molar-refractivity contribution in [1.82, 2.24) is 5.32 Å². The van der Waals surface area contributed by atoms with Crippen LogP contribution in [0.3, 0.4) is 0 Å². The molecule has 3 nitrogen and oxygen atoms in total. The first-order valence-electron chi connectivity index (χ1n) is 3.78. The number of aldehydes is 1. The van der Waals surface area contributed by atoms with Crippen LogP contribution in [0.2, 0.25) is 0 Å². The molecule has 0 amide bonds. The van der Waals surface area contributed by atoms with Crippen molar-refractivity contribution < 1.29 is 9.90 Å². The van der Waals surface area contributed by atoms with Crippen LogP contribution in [0.25, 0.3) is 0 Å². The van der Waals surface area contributed by atoms with Gasteiger partial charge in [0.1, 0.15) is 6.29 Å². The molecule has 0 aromatic rings. The predicted molar refractivity (Wildman–Crippen MR) is 44.4 cm³/mol. The van der Waals surface area contributed by atoms with Crippen molar-refractivity contribution in [2.75, 3.05) is 0 Å². The normalized spacial score (nSPS) is 17.5. The van der Waals surface area contributed by atoms with Gasteiger partial charge in [-0.3, -0.25) is 0 Å². The van der Waals surface area contributed by atoms with Crippen molar-refractivity contribution in [3.63, 3.8) is 0 Å². The Kier molecular flexibility index (Phi) is 3.69. The van der Waals surface area contributed by atoms with Gasteiger partial charge in [0.05, 0.1) is 12.1 Å². The summed E-state index contributed by atoms with van der Waals surface area (Å²) < 4.78 is 0. The zero-order valence-electron chi connectivity index (χ0n) is 7.59. The highest BCUT2D eigenvalue weighted by Crippen LogP contribution is 2.02. The standard InChI is InChI=1S/C8H17NO2/c1-6(11)7(5-10)9-8(2,3)4/h5-7,9,11H,1-4H3/t6-,7-/m1/s1. The smallest absolute Gasteiger partial charge is 0.139 e. The van der Waals surface area contributed by atoms with E-state index in [0.717, 1.165) is 6.29 Å². The van der Waals surface area contributed by atoms with Crippen LogP contribution in [-0.2, 0) is 4.79 Å². The van der Waals surface area contributed by atoms with E-state index in [1.165, 1.54) is 0 Å². The van der Waals surface area contributed by atoms with Crippen molar-refractivity contribution in [3.05, 3.63) is 0 Å². The molecular weight excluding hydrogens is 142 g/mol. The summed E-state index contributed by atoms with van der Waals surface area (Å²) in [7, 11) is 0. The number of aliphatic hydroxyl groups excluding tert-OH is 1. The first-order chi connectivity index (χ1) is 4.87. The molecule has 0 saturated heterocycles. The van der Waals surface area contributed by atoms with Crippen LogP contribution in [-0.4, -0.2) is 29.1 Å². The fourth-order valence-electron chi connectivity index (χ4n) is 0.768. The molecule has 0 bridgehead atoms. The van der Waals surface area contributed by atoms with Crippen LogP contribution >= 0.6 is 0 Å². The highest BCUT2D eigenvalue weighted by molar-refractivity contribution is 5.58. The van der Waals surface area contributed by atoms with E-state index in [-0.39, 0.29) is 5.54 Å². The van der Waals surface area contributed by atoms with Gasteiger partial charge in [-0.25, -0.2) is 0 Å². The SMILES string of the molecule is C[C@@H](O)[C@@H](C=O)NC(C)(C)C.